The lowest BCUT2D eigenvalue weighted by Crippen LogP contribution is -2.37. The quantitative estimate of drug-likeness (QED) is 0.353. The van der Waals surface area contributed by atoms with Crippen molar-refractivity contribution in [2.75, 3.05) is 25.1 Å². The van der Waals surface area contributed by atoms with Gasteiger partial charge in [-0.25, -0.2) is 4.39 Å². The maximum Gasteiger partial charge on any atom is 0.253 e. The van der Waals surface area contributed by atoms with Crippen LogP contribution < -0.4 is 20.3 Å². The van der Waals surface area contributed by atoms with E-state index in [-0.39, 0.29) is 11.4 Å². The van der Waals surface area contributed by atoms with E-state index in [1.165, 1.54) is 23.3 Å². The van der Waals surface area contributed by atoms with E-state index in [1.807, 2.05) is 23.1 Å². The first kappa shape index (κ1) is 23.8. The standard InChI is InChI=1S/C28H26FN3O3S/c1-18-3-2-4-19(13-18)9-10-32(28(36)30-23-7-5-22(29)6-8-23)17-21-14-20-15-25-26(35-12-11-34-25)16-24(20)31-27(21)33/h2-8,13-16H,9-12,17H2,1H3,(H,30,36)(H,31,33). The van der Waals surface area contributed by atoms with Crippen LogP contribution in [0.1, 0.15) is 16.7 Å². The van der Waals surface area contributed by atoms with Gasteiger partial charge in [0.15, 0.2) is 16.6 Å². The number of aromatic amines is 1. The van der Waals surface area contributed by atoms with Crippen molar-refractivity contribution in [2.24, 2.45) is 0 Å². The van der Waals surface area contributed by atoms with Gasteiger partial charge in [0.25, 0.3) is 5.56 Å². The molecule has 0 saturated carbocycles. The minimum Gasteiger partial charge on any atom is -0.486 e. The van der Waals surface area contributed by atoms with Crippen LogP contribution in [0.2, 0.25) is 0 Å². The molecule has 2 N–H and O–H groups in total. The number of ether oxygens (including phenoxy) is 2. The summed E-state index contributed by atoms with van der Waals surface area (Å²) in [5.41, 5.74) is 4.12. The van der Waals surface area contributed by atoms with Crippen LogP contribution in [0.25, 0.3) is 10.9 Å². The summed E-state index contributed by atoms with van der Waals surface area (Å²) < 4.78 is 24.7. The number of aryl methyl sites for hydroxylation is 1. The molecule has 2 heterocycles. The lowest BCUT2D eigenvalue weighted by Gasteiger charge is -2.26. The highest BCUT2D eigenvalue weighted by molar-refractivity contribution is 7.80. The Bertz CT molecular complexity index is 1470. The van der Waals surface area contributed by atoms with Crippen LogP contribution in [0.3, 0.4) is 0 Å². The van der Waals surface area contributed by atoms with Crippen LogP contribution in [0.5, 0.6) is 11.5 Å². The second-order valence-corrected chi connectivity index (χ2v) is 9.19. The van der Waals surface area contributed by atoms with Crippen LogP contribution in [0, 0.1) is 12.7 Å². The summed E-state index contributed by atoms with van der Waals surface area (Å²) in [6, 6.07) is 19.9. The Morgan fingerprint density at radius 2 is 1.81 bits per heavy atom. The summed E-state index contributed by atoms with van der Waals surface area (Å²) in [4.78, 5) is 17.9. The van der Waals surface area contributed by atoms with Crippen molar-refractivity contribution in [1.29, 1.82) is 0 Å². The lowest BCUT2D eigenvalue weighted by molar-refractivity contribution is 0.172. The molecule has 0 spiro atoms. The van der Waals surface area contributed by atoms with E-state index < -0.39 is 0 Å². The molecule has 0 atom stereocenters. The van der Waals surface area contributed by atoms with Gasteiger partial charge in [0.1, 0.15) is 19.0 Å². The van der Waals surface area contributed by atoms with Gasteiger partial charge in [-0.2, -0.15) is 0 Å². The van der Waals surface area contributed by atoms with Crippen LogP contribution in [0.4, 0.5) is 10.1 Å². The highest BCUT2D eigenvalue weighted by Gasteiger charge is 2.17. The maximum absolute atomic E-state index is 13.4. The highest BCUT2D eigenvalue weighted by Crippen LogP contribution is 2.33. The molecule has 0 amide bonds. The second kappa shape index (κ2) is 10.4. The van der Waals surface area contributed by atoms with Gasteiger partial charge in [-0.3, -0.25) is 4.79 Å². The number of halogens is 1. The van der Waals surface area contributed by atoms with E-state index in [1.54, 1.807) is 18.2 Å². The van der Waals surface area contributed by atoms with E-state index in [9.17, 15) is 9.18 Å². The molecule has 0 saturated heterocycles. The summed E-state index contributed by atoms with van der Waals surface area (Å²) in [6.07, 6.45) is 0.747. The first-order valence-corrected chi connectivity index (χ1v) is 12.2. The summed E-state index contributed by atoms with van der Waals surface area (Å²) in [5, 5.41) is 4.48. The second-order valence-electron chi connectivity index (χ2n) is 8.80. The Morgan fingerprint density at radius 1 is 1.06 bits per heavy atom. The Balaban J connectivity index is 1.42. The number of nitrogens with one attached hydrogen (secondary N) is 2. The fourth-order valence-electron chi connectivity index (χ4n) is 4.23. The molecule has 184 valence electrons. The van der Waals surface area contributed by atoms with E-state index in [0.717, 1.165) is 11.8 Å². The highest BCUT2D eigenvalue weighted by atomic mass is 32.1. The monoisotopic (exact) mass is 503 g/mol. The van der Waals surface area contributed by atoms with Crippen molar-refractivity contribution in [1.82, 2.24) is 9.88 Å². The Hall–Kier alpha value is -3.91. The Labute approximate surface area is 213 Å². The lowest BCUT2D eigenvalue weighted by atomic mass is 10.1. The van der Waals surface area contributed by atoms with Gasteiger partial charge in [-0.05, 0) is 67.5 Å². The number of hydrogen-bond donors (Lipinski definition) is 2. The Kier molecular flexibility index (Phi) is 6.86. The maximum atomic E-state index is 13.4. The molecule has 0 unspecified atom stereocenters. The summed E-state index contributed by atoms with van der Waals surface area (Å²) in [5.74, 6) is 0.972. The first-order chi connectivity index (χ1) is 17.4. The molecule has 5 rings (SSSR count). The van der Waals surface area contributed by atoms with E-state index in [0.29, 0.717) is 59.7 Å². The number of aromatic nitrogens is 1. The zero-order valence-corrected chi connectivity index (χ0v) is 20.7. The number of fused-ring (bicyclic) bond motifs is 2. The predicted octanol–water partition coefficient (Wildman–Crippen LogP) is 5.19. The van der Waals surface area contributed by atoms with Crippen molar-refractivity contribution < 1.29 is 13.9 Å². The van der Waals surface area contributed by atoms with Crippen LogP contribution in [-0.4, -0.2) is 34.8 Å². The number of H-pyrrole nitrogens is 1. The van der Waals surface area contributed by atoms with E-state index in [2.05, 4.69) is 35.4 Å². The number of benzene rings is 3. The van der Waals surface area contributed by atoms with Crippen molar-refractivity contribution in [3.05, 3.63) is 99.6 Å². The molecule has 1 aromatic heterocycles. The van der Waals surface area contributed by atoms with Gasteiger partial charge in [0.05, 0.1) is 12.1 Å². The zero-order valence-electron chi connectivity index (χ0n) is 19.8. The van der Waals surface area contributed by atoms with Crippen molar-refractivity contribution >= 4 is 33.9 Å². The molecule has 0 aliphatic carbocycles. The SMILES string of the molecule is Cc1cccc(CCN(Cc2cc3cc4c(cc3[nH]c2=O)OCCO4)C(=S)Nc2ccc(F)cc2)c1. The van der Waals surface area contributed by atoms with Crippen LogP contribution in [-0.2, 0) is 13.0 Å². The van der Waals surface area contributed by atoms with Gasteiger partial charge in [0.2, 0.25) is 0 Å². The molecule has 0 radical (unpaired) electrons. The van der Waals surface area contributed by atoms with Crippen molar-refractivity contribution in [3.8, 4) is 11.5 Å². The summed E-state index contributed by atoms with van der Waals surface area (Å²) >= 11 is 5.72. The zero-order chi connectivity index (χ0) is 25.1. The fourth-order valence-corrected chi connectivity index (χ4v) is 4.50. The smallest absolute Gasteiger partial charge is 0.253 e. The molecular formula is C28H26FN3O3S. The van der Waals surface area contributed by atoms with Gasteiger partial charge < -0.3 is 24.7 Å². The minimum absolute atomic E-state index is 0.190. The van der Waals surface area contributed by atoms with Gasteiger partial charge in [-0.15, -0.1) is 0 Å². The molecular weight excluding hydrogens is 477 g/mol. The molecule has 1 aliphatic rings. The van der Waals surface area contributed by atoms with Gasteiger partial charge in [-0.1, -0.05) is 29.8 Å². The molecule has 4 aromatic rings. The number of anilines is 1. The molecule has 1 aliphatic heterocycles. The number of hydrogen-bond acceptors (Lipinski definition) is 4. The molecule has 6 nitrogen and oxygen atoms in total. The molecule has 8 heteroatoms. The number of nitrogens with zero attached hydrogens (tertiary/aromatic N) is 1. The van der Waals surface area contributed by atoms with Crippen molar-refractivity contribution in [2.45, 2.75) is 19.9 Å². The predicted molar refractivity (Wildman–Crippen MR) is 143 cm³/mol. The largest absolute Gasteiger partial charge is 0.486 e. The Morgan fingerprint density at radius 3 is 2.56 bits per heavy atom. The molecule has 0 bridgehead atoms. The normalized spacial score (nSPS) is 12.4. The van der Waals surface area contributed by atoms with E-state index in [4.69, 9.17) is 21.7 Å². The first-order valence-electron chi connectivity index (χ1n) is 11.8. The number of rotatable bonds is 6. The molecule has 0 fully saturated rings. The van der Waals surface area contributed by atoms with Crippen LogP contribution in [0.15, 0.2) is 71.5 Å². The third-order valence-corrected chi connectivity index (χ3v) is 6.44. The molecule has 36 heavy (non-hydrogen) atoms. The minimum atomic E-state index is -0.318. The van der Waals surface area contributed by atoms with Gasteiger partial charge >= 0.3 is 0 Å². The fraction of sp³-hybridized carbons (Fsp3) is 0.214. The van der Waals surface area contributed by atoms with Crippen LogP contribution >= 0.6 is 12.2 Å². The van der Waals surface area contributed by atoms with Gasteiger partial charge in [0, 0.05) is 29.2 Å². The average molecular weight is 504 g/mol. The topological polar surface area (TPSA) is 66.6 Å². The third-order valence-electron chi connectivity index (χ3n) is 6.08. The third kappa shape index (κ3) is 5.49. The summed E-state index contributed by atoms with van der Waals surface area (Å²) in [7, 11) is 0. The number of thiocarbonyl (C=S) groups is 1. The number of pyridine rings is 1. The summed E-state index contributed by atoms with van der Waals surface area (Å²) in [6.45, 7) is 3.93. The van der Waals surface area contributed by atoms with E-state index >= 15 is 0 Å². The molecule has 3 aromatic carbocycles. The average Bonchev–Trinajstić information content (AvgIpc) is 2.87. The van der Waals surface area contributed by atoms with Crippen molar-refractivity contribution in [3.63, 3.8) is 0 Å².